The molecule has 0 aliphatic carbocycles. The van der Waals surface area contributed by atoms with E-state index in [4.69, 9.17) is 21.3 Å². The van der Waals surface area contributed by atoms with Gasteiger partial charge in [0.25, 0.3) is 5.91 Å². The Morgan fingerprint density at radius 1 is 0.935 bits per heavy atom. The summed E-state index contributed by atoms with van der Waals surface area (Å²) in [4.78, 5) is 18.2. The van der Waals surface area contributed by atoms with E-state index in [-0.39, 0.29) is 5.91 Å². The van der Waals surface area contributed by atoms with Crippen molar-refractivity contribution in [3.63, 3.8) is 0 Å². The smallest absolute Gasteiger partial charge is 0.256 e. The number of hydrogen-bond acceptors (Lipinski definition) is 3. The zero-order valence-electron chi connectivity index (χ0n) is 17.9. The van der Waals surface area contributed by atoms with E-state index in [1.165, 1.54) is 0 Å². The molecule has 0 radical (unpaired) electrons. The maximum atomic E-state index is 13.3. The zero-order chi connectivity index (χ0) is 22.1. The molecule has 0 spiro atoms. The van der Waals surface area contributed by atoms with Gasteiger partial charge in [0.2, 0.25) is 0 Å². The molecule has 4 aromatic rings. The Hall–Kier alpha value is -3.37. The second kappa shape index (κ2) is 8.40. The summed E-state index contributed by atoms with van der Waals surface area (Å²) in [6.45, 7) is 5.96. The molecule has 1 heterocycles. The maximum absolute atomic E-state index is 13.3. The molecule has 1 aromatic heterocycles. The first kappa shape index (κ1) is 20.9. The molecule has 4 rings (SSSR count). The van der Waals surface area contributed by atoms with Crippen LogP contribution in [-0.2, 0) is 0 Å². The number of aryl methyl sites for hydroxylation is 3. The van der Waals surface area contributed by atoms with E-state index in [1.807, 2.05) is 69.3 Å². The third-order valence-electron chi connectivity index (χ3n) is 5.31. The predicted octanol–water partition coefficient (Wildman–Crippen LogP) is 6.74. The highest BCUT2D eigenvalue weighted by Crippen LogP contribution is 2.30. The molecular formula is C26H23ClN2O2. The Bertz CT molecular complexity index is 1300. The molecule has 0 saturated heterocycles. The highest BCUT2D eigenvalue weighted by molar-refractivity contribution is 6.31. The first-order valence-electron chi connectivity index (χ1n) is 9.99. The van der Waals surface area contributed by atoms with Crippen molar-refractivity contribution in [3.8, 4) is 17.0 Å². The first-order chi connectivity index (χ1) is 14.9. The quantitative estimate of drug-likeness (QED) is 0.390. The number of nitrogens with one attached hydrogen (secondary N) is 1. The third kappa shape index (κ3) is 4.25. The summed E-state index contributed by atoms with van der Waals surface area (Å²) < 4.78 is 5.26. The maximum Gasteiger partial charge on any atom is 0.256 e. The van der Waals surface area contributed by atoms with Crippen LogP contribution in [0.25, 0.3) is 22.2 Å². The number of amides is 1. The highest BCUT2D eigenvalue weighted by Gasteiger charge is 2.16. The van der Waals surface area contributed by atoms with Crippen molar-refractivity contribution in [2.24, 2.45) is 0 Å². The summed E-state index contributed by atoms with van der Waals surface area (Å²) >= 11 is 6.24. The van der Waals surface area contributed by atoms with Crippen molar-refractivity contribution < 1.29 is 9.53 Å². The molecule has 0 bridgehead atoms. The number of pyridine rings is 1. The fraction of sp³-hybridized carbons (Fsp3) is 0.154. The Labute approximate surface area is 186 Å². The van der Waals surface area contributed by atoms with E-state index < -0.39 is 0 Å². The van der Waals surface area contributed by atoms with Crippen LogP contribution in [0, 0.1) is 20.8 Å². The van der Waals surface area contributed by atoms with Crippen LogP contribution in [0.15, 0.2) is 60.7 Å². The van der Waals surface area contributed by atoms with E-state index in [0.717, 1.165) is 44.6 Å². The Morgan fingerprint density at radius 2 is 1.68 bits per heavy atom. The van der Waals surface area contributed by atoms with Crippen LogP contribution < -0.4 is 10.1 Å². The summed E-state index contributed by atoms with van der Waals surface area (Å²) in [5.41, 5.74) is 6.74. The van der Waals surface area contributed by atoms with Crippen LogP contribution in [-0.4, -0.2) is 18.0 Å². The lowest BCUT2D eigenvalue weighted by atomic mass is 9.99. The van der Waals surface area contributed by atoms with Gasteiger partial charge in [0.05, 0.1) is 23.9 Å². The number of fused-ring (bicyclic) bond motifs is 1. The average molecular weight is 431 g/mol. The number of carbonyl (C=O) groups is 1. The number of rotatable bonds is 4. The number of nitrogens with zero attached hydrogens (tertiary/aromatic N) is 1. The average Bonchev–Trinajstić information content (AvgIpc) is 2.75. The molecule has 0 atom stereocenters. The van der Waals surface area contributed by atoms with Crippen molar-refractivity contribution in [1.82, 2.24) is 4.98 Å². The Morgan fingerprint density at radius 3 is 2.35 bits per heavy atom. The standard InChI is InChI=1S/C26H23ClN2O2/c1-15-11-17(3)25-21(12-15)22(26(30)28-19-8-5-16(2)23(27)13-19)14-24(29-25)18-6-9-20(31-4)10-7-18/h5-14H,1-4H3,(H,28,30). The van der Waals surface area contributed by atoms with Crippen molar-refractivity contribution in [2.45, 2.75) is 20.8 Å². The number of aromatic nitrogens is 1. The molecule has 0 fully saturated rings. The molecule has 0 saturated carbocycles. The van der Waals surface area contributed by atoms with Gasteiger partial charge in [0, 0.05) is 21.7 Å². The van der Waals surface area contributed by atoms with Crippen LogP contribution in [0.3, 0.4) is 0 Å². The molecule has 1 amide bonds. The van der Waals surface area contributed by atoms with Crippen molar-refractivity contribution in [1.29, 1.82) is 0 Å². The van der Waals surface area contributed by atoms with Gasteiger partial charge in [-0.2, -0.15) is 0 Å². The van der Waals surface area contributed by atoms with Gasteiger partial charge in [-0.15, -0.1) is 0 Å². The highest BCUT2D eigenvalue weighted by atomic mass is 35.5. The van der Waals surface area contributed by atoms with Crippen LogP contribution in [0.5, 0.6) is 5.75 Å². The van der Waals surface area contributed by atoms with Crippen molar-refractivity contribution >= 4 is 34.1 Å². The normalized spacial score (nSPS) is 10.9. The van der Waals surface area contributed by atoms with E-state index in [2.05, 4.69) is 11.4 Å². The molecule has 4 nitrogen and oxygen atoms in total. The fourth-order valence-electron chi connectivity index (χ4n) is 3.65. The zero-order valence-corrected chi connectivity index (χ0v) is 18.7. The lowest BCUT2D eigenvalue weighted by molar-refractivity contribution is 0.102. The number of anilines is 1. The van der Waals surface area contributed by atoms with Crippen molar-refractivity contribution in [3.05, 3.63) is 87.9 Å². The number of benzene rings is 3. The van der Waals surface area contributed by atoms with Gasteiger partial charge in [0.1, 0.15) is 5.75 Å². The number of ether oxygens (including phenoxy) is 1. The summed E-state index contributed by atoms with van der Waals surface area (Å²) in [6, 6.07) is 19.1. The molecule has 3 aromatic carbocycles. The van der Waals surface area contributed by atoms with Gasteiger partial charge in [-0.05, 0) is 80.4 Å². The Balaban J connectivity index is 1.84. The lowest BCUT2D eigenvalue weighted by Gasteiger charge is -2.13. The van der Waals surface area contributed by atoms with Crippen molar-refractivity contribution in [2.75, 3.05) is 12.4 Å². The molecule has 5 heteroatoms. The van der Waals surface area contributed by atoms with Gasteiger partial charge < -0.3 is 10.1 Å². The van der Waals surface area contributed by atoms with Gasteiger partial charge in [-0.1, -0.05) is 29.3 Å². The van der Waals surface area contributed by atoms with E-state index in [9.17, 15) is 4.79 Å². The number of halogens is 1. The van der Waals surface area contributed by atoms with Crippen LogP contribution >= 0.6 is 11.6 Å². The van der Waals surface area contributed by atoms with E-state index in [1.54, 1.807) is 13.2 Å². The van der Waals surface area contributed by atoms with Crippen LogP contribution in [0.1, 0.15) is 27.0 Å². The molecule has 0 unspecified atom stereocenters. The monoisotopic (exact) mass is 430 g/mol. The van der Waals surface area contributed by atoms with Gasteiger partial charge >= 0.3 is 0 Å². The topological polar surface area (TPSA) is 51.2 Å². The van der Waals surface area contributed by atoms with Gasteiger partial charge in [0.15, 0.2) is 0 Å². The molecule has 0 aliphatic rings. The molecule has 31 heavy (non-hydrogen) atoms. The Kier molecular flexibility index (Phi) is 5.66. The van der Waals surface area contributed by atoms with Gasteiger partial charge in [-0.3, -0.25) is 4.79 Å². The first-order valence-corrected chi connectivity index (χ1v) is 10.4. The fourth-order valence-corrected chi connectivity index (χ4v) is 3.83. The predicted molar refractivity (Wildman–Crippen MR) is 127 cm³/mol. The molecule has 1 N–H and O–H groups in total. The number of carbonyl (C=O) groups excluding carboxylic acids is 1. The van der Waals surface area contributed by atoms with E-state index >= 15 is 0 Å². The second-order valence-corrected chi connectivity index (χ2v) is 8.09. The van der Waals surface area contributed by atoms with Gasteiger partial charge in [-0.25, -0.2) is 4.98 Å². The lowest BCUT2D eigenvalue weighted by Crippen LogP contribution is -2.13. The molecule has 0 aliphatic heterocycles. The summed E-state index contributed by atoms with van der Waals surface area (Å²) in [7, 11) is 1.63. The summed E-state index contributed by atoms with van der Waals surface area (Å²) in [5, 5.41) is 4.42. The largest absolute Gasteiger partial charge is 0.497 e. The minimum Gasteiger partial charge on any atom is -0.497 e. The number of methoxy groups -OCH3 is 1. The van der Waals surface area contributed by atoms with Crippen LogP contribution in [0.4, 0.5) is 5.69 Å². The van der Waals surface area contributed by atoms with Crippen LogP contribution in [0.2, 0.25) is 5.02 Å². The van der Waals surface area contributed by atoms with E-state index in [0.29, 0.717) is 16.3 Å². The second-order valence-electron chi connectivity index (χ2n) is 7.68. The summed E-state index contributed by atoms with van der Waals surface area (Å²) in [6.07, 6.45) is 0. The number of hydrogen-bond donors (Lipinski definition) is 1. The minimum atomic E-state index is -0.202. The SMILES string of the molecule is COc1ccc(-c2cc(C(=O)Nc3ccc(C)c(Cl)c3)c3cc(C)cc(C)c3n2)cc1. The molecule has 156 valence electrons. The third-order valence-corrected chi connectivity index (χ3v) is 5.72. The molecular weight excluding hydrogens is 408 g/mol. The minimum absolute atomic E-state index is 0.202. The summed E-state index contributed by atoms with van der Waals surface area (Å²) in [5.74, 6) is 0.567.